The maximum atomic E-state index is 3.62. The number of rotatable bonds is 1. The molecule has 14 heavy (non-hydrogen) atoms. The summed E-state index contributed by atoms with van der Waals surface area (Å²) >= 11 is 0. The Morgan fingerprint density at radius 2 is 1.86 bits per heavy atom. The van der Waals surface area contributed by atoms with Crippen molar-refractivity contribution in [3.05, 3.63) is 0 Å². The maximum Gasteiger partial charge on any atom is 0.0246 e. The summed E-state index contributed by atoms with van der Waals surface area (Å²) in [5.41, 5.74) is 0. The molecule has 1 heterocycles. The van der Waals surface area contributed by atoms with E-state index in [1.807, 2.05) is 0 Å². The molecule has 1 saturated heterocycles. The van der Waals surface area contributed by atoms with Gasteiger partial charge in [-0.2, -0.15) is 0 Å². The first-order chi connectivity index (χ1) is 6.77. The number of nitrogens with zero attached hydrogens (tertiary/aromatic N) is 1. The molecule has 1 saturated carbocycles. The summed E-state index contributed by atoms with van der Waals surface area (Å²) in [7, 11) is 2.30. The summed E-state index contributed by atoms with van der Waals surface area (Å²) < 4.78 is 0. The second-order valence-electron chi connectivity index (χ2n) is 5.21. The quantitative estimate of drug-likeness (QED) is 0.688. The van der Waals surface area contributed by atoms with Gasteiger partial charge in [-0.25, -0.2) is 0 Å². The maximum absolute atomic E-state index is 3.62. The molecule has 2 aliphatic rings. The van der Waals surface area contributed by atoms with Crippen molar-refractivity contribution in [2.24, 2.45) is 5.92 Å². The van der Waals surface area contributed by atoms with Gasteiger partial charge in [-0.1, -0.05) is 19.3 Å². The van der Waals surface area contributed by atoms with E-state index in [0.717, 1.165) is 12.0 Å². The van der Waals surface area contributed by atoms with Crippen molar-refractivity contribution in [1.82, 2.24) is 10.2 Å². The molecule has 2 heteroatoms. The van der Waals surface area contributed by atoms with E-state index in [1.165, 1.54) is 45.2 Å². The van der Waals surface area contributed by atoms with Crippen LogP contribution in [0.5, 0.6) is 0 Å². The van der Waals surface area contributed by atoms with E-state index in [1.54, 1.807) is 0 Å². The van der Waals surface area contributed by atoms with Crippen molar-refractivity contribution in [3.63, 3.8) is 0 Å². The molecule has 2 unspecified atom stereocenters. The monoisotopic (exact) mass is 196 g/mol. The van der Waals surface area contributed by atoms with E-state index in [0.29, 0.717) is 6.04 Å². The minimum absolute atomic E-state index is 0.680. The lowest BCUT2D eigenvalue weighted by Gasteiger charge is -2.42. The smallest absolute Gasteiger partial charge is 0.0246 e. The zero-order valence-corrected chi connectivity index (χ0v) is 9.63. The molecule has 2 fully saturated rings. The lowest BCUT2D eigenvalue weighted by Crippen LogP contribution is -2.56. The fraction of sp³-hybridized carbons (Fsp3) is 1.00. The van der Waals surface area contributed by atoms with Crippen LogP contribution in [0.25, 0.3) is 0 Å². The highest BCUT2D eigenvalue weighted by Crippen LogP contribution is 2.29. The molecule has 0 spiro atoms. The SMILES string of the molecule is CC1CN(C)C(C2CCCCC2)CN1. The zero-order chi connectivity index (χ0) is 9.97. The first kappa shape index (κ1) is 10.4. The van der Waals surface area contributed by atoms with Crippen molar-refractivity contribution in [2.75, 3.05) is 20.1 Å². The summed E-state index contributed by atoms with van der Waals surface area (Å²) in [5, 5.41) is 3.62. The van der Waals surface area contributed by atoms with Crippen molar-refractivity contribution in [2.45, 2.75) is 51.1 Å². The van der Waals surface area contributed by atoms with E-state index >= 15 is 0 Å². The van der Waals surface area contributed by atoms with Crippen LogP contribution in [0, 0.1) is 5.92 Å². The van der Waals surface area contributed by atoms with Crippen molar-refractivity contribution in [1.29, 1.82) is 0 Å². The molecule has 0 aromatic heterocycles. The molecule has 1 aliphatic carbocycles. The summed E-state index contributed by atoms with van der Waals surface area (Å²) in [4.78, 5) is 2.58. The Morgan fingerprint density at radius 3 is 2.50 bits per heavy atom. The standard InChI is InChI=1S/C12H24N2/c1-10-9-14(2)12(8-13-10)11-6-4-3-5-7-11/h10-13H,3-9H2,1-2H3. The number of piperazine rings is 1. The van der Waals surface area contributed by atoms with Gasteiger partial charge in [0.25, 0.3) is 0 Å². The van der Waals surface area contributed by atoms with Gasteiger partial charge < -0.3 is 10.2 Å². The van der Waals surface area contributed by atoms with Gasteiger partial charge in [0.2, 0.25) is 0 Å². The topological polar surface area (TPSA) is 15.3 Å². The molecule has 0 bridgehead atoms. The predicted molar refractivity (Wildman–Crippen MR) is 60.5 cm³/mol. The third kappa shape index (κ3) is 2.29. The van der Waals surface area contributed by atoms with Gasteiger partial charge in [0.05, 0.1) is 0 Å². The van der Waals surface area contributed by atoms with Gasteiger partial charge >= 0.3 is 0 Å². The number of nitrogens with one attached hydrogen (secondary N) is 1. The number of hydrogen-bond donors (Lipinski definition) is 1. The van der Waals surface area contributed by atoms with Gasteiger partial charge in [-0.3, -0.25) is 0 Å². The fourth-order valence-corrected chi connectivity index (χ4v) is 3.16. The molecule has 2 nitrogen and oxygen atoms in total. The molecule has 1 aliphatic heterocycles. The Kier molecular flexibility index (Phi) is 3.45. The van der Waals surface area contributed by atoms with E-state index in [-0.39, 0.29) is 0 Å². The molecule has 0 amide bonds. The summed E-state index contributed by atoms with van der Waals surface area (Å²) in [6.45, 7) is 4.72. The van der Waals surface area contributed by atoms with E-state index in [9.17, 15) is 0 Å². The average Bonchev–Trinajstić information content (AvgIpc) is 2.19. The van der Waals surface area contributed by atoms with Crippen LogP contribution in [-0.2, 0) is 0 Å². The minimum atomic E-state index is 0.680. The fourth-order valence-electron chi connectivity index (χ4n) is 3.16. The van der Waals surface area contributed by atoms with Crippen molar-refractivity contribution >= 4 is 0 Å². The lowest BCUT2D eigenvalue weighted by molar-refractivity contribution is 0.0997. The number of likely N-dealkylation sites (N-methyl/N-ethyl adjacent to an activating group) is 1. The predicted octanol–water partition coefficient (Wildman–Crippen LogP) is 1.86. The van der Waals surface area contributed by atoms with Crippen LogP contribution in [0.15, 0.2) is 0 Å². The van der Waals surface area contributed by atoms with Crippen LogP contribution in [0.3, 0.4) is 0 Å². The molecule has 82 valence electrons. The highest BCUT2D eigenvalue weighted by Gasteiger charge is 2.30. The van der Waals surface area contributed by atoms with Gasteiger partial charge in [0, 0.05) is 25.2 Å². The third-order valence-corrected chi connectivity index (χ3v) is 4.00. The van der Waals surface area contributed by atoms with Gasteiger partial charge in [0.1, 0.15) is 0 Å². The first-order valence-electron chi connectivity index (χ1n) is 6.21. The van der Waals surface area contributed by atoms with Gasteiger partial charge in [0.15, 0.2) is 0 Å². The van der Waals surface area contributed by atoms with Crippen LogP contribution in [-0.4, -0.2) is 37.1 Å². The third-order valence-electron chi connectivity index (χ3n) is 4.00. The van der Waals surface area contributed by atoms with Gasteiger partial charge in [-0.05, 0) is 32.7 Å². The molecule has 0 radical (unpaired) electrons. The minimum Gasteiger partial charge on any atom is -0.311 e. The molecule has 0 aromatic rings. The Hall–Kier alpha value is -0.0800. The molecule has 0 aromatic carbocycles. The summed E-state index contributed by atoms with van der Waals surface area (Å²) in [6.07, 6.45) is 7.32. The molecule has 1 N–H and O–H groups in total. The number of hydrogen-bond acceptors (Lipinski definition) is 2. The van der Waals surface area contributed by atoms with Gasteiger partial charge in [-0.15, -0.1) is 0 Å². The van der Waals surface area contributed by atoms with Crippen LogP contribution in [0.4, 0.5) is 0 Å². The first-order valence-corrected chi connectivity index (χ1v) is 6.21. The second-order valence-corrected chi connectivity index (χ2v) is 5.21. The van der Waals surface area contributed by atoms with Crippen molar-refractivity contribution < 1.29 is 0 Å². The van der Waals surface area contributed by atoms with Crippen LogP contribution >= 0.6 is 0 Å². The average molecular weight is 196 g/mol. The highest BCUT2D eigenvalue weighted by atomic mass is 15.2. The summed E-state index contributed by atoms with van der Waals surface area (Å²) in [5.74, 6) is 0.966. The van der Waals surface area contributed by atoms with Crippen LogP contribution in [0.1, 0.15) is 39.0 Å². The van der Waals surface area contributed by atoms with Crippen molar-refractivity contribution in [3.8, 4) is 0 Å². The summed E-state index contributed by atoms with van der Waals surface area (Å²) in [6, 6.07) is 1.49. The van der Waals surface area contributed by atoms with Crippen LogP contribution < -0.4 is 5.32 Å². The van der Waals surface area contributed by atoms with Crippen LogP contribution in [0.2, 0.25) is 0 Å². The highest BCUT2D eigenvalue weighted by molar-refractivity contribution is 4.87. The normalized spacial score (nSPS) is 37.3. The second kappa shape index (κ2) is 4.63. The zero-order valence-electron chi connectivity index (χ0n) is 9.63. The Morgan fingerprint density at radius 1 is 1.14 bits per heavy atom. The van der Waals surface area contributed by atoms with E-state index < -0.39 is 0 Å². The Balaban J connectivity index is 1.89. The molecular weight excluding hydrogens is 172 g/mol. The Bertz CT molecular complexity index is 175. The van der Waals surface area contributed by atoms with E-state index in [4.69, 9.17) is 0 Å². The Labute approximate surface area is 88.1 Å². The van der Waals surface area contributed by atoms with E-state index in [2.05, 4.69) is 24.2 Å². The largest absolute Gasteiger partial charge is 0.311 e. The lowest BCUT2D eigenvalue weighted by atomic mass is 9.82. The molecule has 2 rings (SSSR count). The molecule has 2 atom stereocenters. The molecular formula is C12H24N2.